The van der Waals surface area contributed by atoms with Crippen LogP contribution in [0.1, 0.15) is 24.3 Å². The van der Waals surface area contributed by atoms with Crippen molar-refractivity contribution < 1.29 is 14.1 Å². The van der Waals surface area contributed by atoms with Gasteiger partial charge in [0.2, 0.25) is 5.91 Å². The maximum absolute atomic E-state index is 11.9. The molecule has 0 bridgehead atoms. The Balaban J connectivity index is 1.99. The smallest absolute Gasteiger partial charge is 0.227 e. The fraction of sp³-hybridized carbons (Fsp3) is 0.375. The topological polar surface area (TPSA) is 64.4 Å². The summed E-state index contributed by atoms with van der Waals surface area (Å²) in [5.74, 6) is 1.73. The van der Waals surface area contributed by atoms with Gasteiger partial charge in [0.1, 0.15) is 11.5 Å². The standard InChI is InChI=1S/C16H18N2O3/c1-9-15(10(2)21-18-9)13-8-12(6-7-14(13)20-3)17-16(19)11-4-5-11/h6-8,11H,4-5H2,1-3H3,(H,17,19). The number of aromatic nitrogens is 1. The Morgan fingerprint density at radius 2 is 2.14 bits per heavy atom. The minimum Gasteiger partial charge on any atom is -0.496 e. The molecular weight excluding hydrogens is 268 g/mol. The van der Waals surface area contributed by atoms with E-state index >= 15 is 0 Å². The van der Waals surface area contributed by atoms with E-state index in [1.54, 1.807) is 7.11 Å². The number of ether oxygens (including phenoxy) is 1. The fourth-order valence-corrected chi connectivity index (χ4v) is 2.44. The number of hydrogen-bond donors (Lipinski definition) is 1. The highest BCUT2D eigenvalue weighted by molar-refractivity contribution is 5.95. The Morgan fingerprint density at radius 3 is 2.71 bits per heavy atom. The van der Waals surface area contributed by atoms with Gasteiger partial charge in [0.05, 0.1) is 18.4 Å². The first kappa shape index (κ1) is 13.7. The first-order valence-corrected chi connectivity index (χ1v) is 7.02. The molecule has 2 aromatic rings. The van der Waals surface area contributed by atoms with Gasteiger partial charge >= 0.3 is 0 Å². The summed E-state index contributed by atoms with van der Waals surface area (Å²) >= 11 is 0. The highest BCUT2D eigenvalue weighted by Gasteiger charge is 2.29. The van der Waals surface area contributed by atoms with E-state index in [0.717, 1.165) is 46.9 Å². The minimum atomic E-state index is 0.0879. The van der Waals surface area contributed by atoms with E-state index in [1.807, 2.05) is 32.0 Å². The monoisotopic (exact) mass is 286 g/mol. The molecule has 1 fully saturated rings. The summed E-state index contributed by atoms with van der Waals surface area (Å²) in [5.41, 5.74) is 3.36. The number of carbonyl (C=O) groups excluding carboxylic acids is 1. The number of benzene rings is 1. The molecule has 1 aliphatic carbocycles. The minimum absolute atomic E-state index is 0.0879. The molecule has 0 saturated heterocycles. The zero-order chi connectivity index (χ0) is 15.0. The van der Waals surface area contributed by atoms with Crippen LogP contribution in [0.25, 0.3) is 11.1 Å². The van der Waals surface area contributed by atoms with E-state index in [1.165, 1.54) is 0 Å². The van der Waals surface area contributed by atoms with Crippen LogP contribution in [0.15, 0.2) is 22.7 Å². The lowest BCUT2D eigenvalue weighted by Gasteiger charge is -2.11. The highest BCUT2D eigenvalue weighted by Crippen LogP contribution is 2.37. The summed E-state index contributed by atoms with van der Waals surface area (Å²) in [7, 11) is 1.62. The molecule has 1 heterocycles. The summed E-state index contributed by atoms with van der Waals surface area (Å²) in [5, 5.41) is 6.93. The van der Waals surface area contributed by atoms with Gasteiger partial charge in [0.15, 0.2) is 0 Å². The van der Waals surface area contributed by atoms with Crippen molar-refractivity contribution in [3.63, 3.8) is 0 Å². The molecule has 3 rings (SSSR count). The van der Waals surface area contributed by atoms with Crippen LogP contribution < -0.4 is 10.1 Å². The predicted molar refractivity (Wildman–Crippen MR) is 79.3 cm³/mol. The second-order valence-electron chi connectivity index (χ2n) is 5.38. The number of aryl methyl sites for hydroxylation is 2. The van der Waals surface area contributed by atoms with Gasteiger partial charge in [-0.25, -0.2) is 0 Å². The maximum atomic E-state index is 11.9. The van der Waals surface area contributed by atoms with Crippen LogP contribution in [0.5, 0.6) is 5.75 Å². The average Bonchev–Trinajstić information content (AvgIpc) is 3.26. The summed E-state index contributed by atoms with van der Waals surface area (Å²) in [4.78, 5) is 11.9. The lowest BCUT2D eigenvalue weighted by Crippen LogP contribution is -2.13. The summed E-state index contributed by atoms with van der Waals surface area (Å²) < 4.78 is 10.6. The van der Waals surface area contributed by atoms with Crippen LogP contribution in [0.2, 0.25) is 0 Å². The number of carbonyl (C=O) groups is 1. The largest absolute Gasteiger partial charge is 0.496 e. The lowest BCUT2D eigenvalue weighted by atomic mass is 10.0. The third kappa shape index (κ3) is 2.63. The normalized spacial score (nSPS) is 14.0. The first-order chi connectivity index (χ1) is 10.1. The maximum Gasteiger partial charge on any atom is 0.227 e. The summed E-state index contributed by atoms with van der Waals surface area (Å²) in [6.07, 6.45) is 1.97. The number of hydrogen-bond acceptors (Lipinski definition) is 4. The zero-order valence-electron chi connectivity index (χ0n) is 12.4. The molecule has 5 nitrogen and oxygen atoms in total. The molecule has 1 saturated carbocycles. The molecule has 0 unspecified atom stereocenters. The van der Waals surface area contributed by atoms with E-state index in [2.05, 4.69) is 10.5 Å². The second kappa shape index (κ2) is 5.24. The molecule has 1 aromatic carbocycles. The fourth-order valence-electron chi connectivity index (χ4n) is 2.44. The van der Waals surface area contributed by atoms with Crippen molar-refractivity contribution in [3.05, 3.63) is 29.7 Å². The summed E-state index contributed by atoms with van der Waals surface area (Å²) in [6.45, 7) is 3.75. The summed E-state index contributed by atoms with van der Waals surface area (Å²) in [6, 6.07) is 5.61. The van der Waals surface area contributed by atoms with Crippen LogP contribution in [-0.2, 0) is 4.79 Å². The molecule has 0 atom stereocenters. The van der Waals surface area contributed by atoms with Crippen molar-refractivity contribution in [2.24, 2.45) is 5.92 Å². The number of anilines is 1. The van der Waals surface area contributed by atoms with Crippen LogP contribution in [-0.4, -0.2) is 18.2 Å². The molecule has 1 N–H and O–H groups in total. The van der Waals surface area contributed by atoms with Gasteiger partial charge in [0, 0.05) is 17.2 Å². The van der Waals surface area contributed by atoms with Gasteiger partial charge in [-0.3, -0.25) is 4.79 Å². The van der Waals surface area contributed by atoms with Gasteiger partial charge in [0.25, 0.3) is 0 Å². The second-order valence-corrected chi connectivity index (χ2v) is 5.38. The number of amides is 1. The Kier molecular flexibility index (Phi) is 3.41. The number of methoxy groups -OCH3 is 1. The molecular formula is C16H18N2O3. The van der Waals surface area contributed by atoms with Crippen molar-refractivity contribution >= 4 is 11.6 Å². The SMILES string of the molecule is COc1ccc(NC(=O)C2CC2)cc1-c1c(C)noc1C. The first-order valence-electron chi connectivity index (χ1n) is 7.02. The van der Waals surface area contributed by atoms with E-state index in [4.69, 9.17) is 9.26 Å². The van der Waals surface area contributed by atoms with Gasteiger partial charge < -0.3 is 14.6 Å². The molecule has 1 aliphatic rings. The number of nitrogens with zero attached hydrogens (tertiary/aromatic N) is 1. The van der Waals surface area contributed by atoms with Crippen LogP contribution in [0.4, 0.5) is 5.69 Å². The van der Waals surface area contributed by atoms with Crippen LogP contribution >= 0.6 is 0 Å². The van der Waals surface area contributed by atoms with E-state index < -0.39 is 0 Å². The van der Waals surface area contributed by atoms with Gasteiger partial charge in [-0.05, 0) is 44.9 Å². The number of rotatable bonds is 4. The third-order valence-corrected chi connectivity index (χ3v) is 3.72. The van der Waals surface area contributed by atoms with E-state index in [0.29, 0.717) is 0 Å². The molecule has 1 aromatic heterocycles. The Labute approximate surface area is 123 Å². The van der Waals surface area contributed by atoms with Crippen molar-refractivity contribution in [1.29, 1.82) is 0 Å². The van der Waals surface area contributed by atoms with Gasteiger partial charge in [-0.2, -0.15) is 0 Å². The van der Waals surface area contributed by atoms with Crippen molar-refractivity contribution in [3.8, 4) is 16.9 Å². The van der Waals surface area contributed by atoms with Crippen LogP contribution in [0, 0.1) is 19.8 Å². The van der Waals surface area contributed by atoms with Gasteiger partial charge in [-0.1, -0.05) is 5.16 Å². The van der Waals surface area contributed by atoms with Crippen LogP contribution in [0.3, 0.4) is 0 Å². The van der Waals surface area contributed by atoms with Crippen molar-refractivity contribution in [2.45, 2.75) is 26.7 Å². The molecule has 0 radical (unpaired) electrons. The van der Waals surface area contributed by atoms with Crippen molar-refractivity contribution in [1.82, 2.24) is 5.16 Å². The molecule has 1 amide bonds. The predicted octanol–water partition coefficient (Wildman–Crippen LogP) is 3.32. The quantitative estimate of drug-likeness (QED) is 0.936. The Bertz CT molecular complexity index is 667. The Hall–Kier alpha value is -2.30. The molecule has 5 heteroatoms. The molecule has 0 spiro atoms. The molecule has 0 aliphatic heterocycles. The average molecular weight is 286 g/mol. The van der Waals surface area contributed by atoms with E-state index in [-0.39, 0.29) is 11.8 Å². The third-order valence-electron chi connectivity index (χ3n) is 3.72. The lowest BCUT2D eigenvalue weighted by molar-refractivity contribution is -0.117. The zero-order valence-corrected chi connectivity index (χ0v) is 12.4. The van der Waals surface area contributed by atoms with Crippen molar-refractivity contribution in [2.75, 3.05) is 12.4 Å². The Morgan fingerprint density at radius 1 is 1.38 bits per heavy atom. The highest BCUT2D eigenvalue weighted by atomic mass is 16.5. The molecule has 21 heavy (non-hydrogen) atoms. The molecule has 110 valence electrons. The van der Waals surface area contributed by atoms with Gasteiger partial charge in [-0.15, -0.1) is 0 Å². The van der Waals surface area contributed by atoms with E-state index in [9.17, 15) is 4.79 Å². The number of nitrogens with one attached hydrogen (secondary N) is 1.